The lowest BCUT2D eigenvalue weighted by Crippen LogP contribution is -2.50. The highest BCUT2D eigenvalue weighted by molar-refractivity contribution is 5.95. The second-order valence-corrected chi connectivity index (χ2v) is 8.83. The molecule has 3 aromatic rings. The topological polar surface area (TPSA) is 61.4 Å². The van der Waals surface area contributed by atoms with Crippen molar-refractivity contribution in [2.45, 2.75) is 33.2 Å². The number of carbonyl (C=O) groups is 1. The Balaban J connectivity index is 1.65. The molecule has 0 radical (unpaired) electrons. The highest BCUT2D eigenvalue weighted by Gasteiger charge is 2.25. The molecule has 1 N–H and O–H groups in total. The summed E-state index contributed by atoms with van der Waals surface area (Å²) in [6.07, 6.45) is 4.28. The Morgan fingerprint density at radius 3 is 2.38 bits per heavy atom. The molecule has 2 aromatic heterocycles. The van der Waals surface area contributed by atoms with Gasteiger partial charge in [-0.05, 0) is 61.7 Å². The number of halogens is 1. The van der Waals surface area contributed by atoms with Crippen LogP contribution < -0.4 is 5.32 Å². The third-order valence-corrected chi connectivity index (χ3v) is 6.51. The van der Waals surface area contributed by atoms with Crippen molar-refractivity contribution in [3.8, 4) is 22.3 Å². The smallest absolute Gasteiger partial charge is 0.256 e. The molecule has 1 aliphatic rings. The zero-order valence-electron chi connectivity index (χ0n) is 20.3. The Bertz CT molecular complexity index is 1150. The molecule has 1 aromatic carbocycles. The number of benzene rings is 1. The Labute approximate surface area is 200 Å². The van der Waals surface area contributed by atoms with E-state index in [-0.39, 0.29) is 11.5 Å². The molecule has 1 saturated heterocycles. The fourth-order valence-corrected chi connectivity index (χ4v) is 4.49. The Kier molecular flexibility index (Phi) is 7.22. The number of aryl methyl sites for hydroxylation is 1. The second kappa shape index (κ2) is 10.3. The van der Waals surface area contributed by atoms with E-state index in [1.54, 1.807) is 23.4 Å². The molecule has 6 nitrogen and oxygen atoms in total. The van der Waals surface area contributed by atoms with E-state index in [2.05, 4.69) is 34.0 Å². The van der Waals surface area contributed by atoms with Gasteiger partial charge in [-0.15, -0.1) is 0 Å². The van der Waals surface area contributed by atoms with Crippen LogP contribution in [0.1, 0.15) is 36.8 Å². The van der Waals surface area contributed by atoms with Crippen molar-refractivity contribution in [2.75, 3.05) is 38.5 Å². The third kappa shape index (κ3) is 4.80. The van der Waals surface area contributed by atoms with Crippen LogP contribution in [0.3, 0.4) is 0 Å². The minimum Gasteiger partial charge on any atom is -0.373 e. The molecular formula is C27H32FN5O. The molecule has 0 spiro atoms. The van der Waals surface area contributed by atoms with Crippen LogP contribution in [-0.4, -0.2) is 64.9 Å². The largest absolute Gasteiger partial charge is 0.373 e. The predicted molar refractivity (Wildman–Crippen MR) is 134 cm³/mol. The number of carbonyl (C=O) groups excluding carboxylic acids is 1. The maximum Gasteiger partial charge on any atom is 0.256 e. The van der Waals surface area contributed by atoms with E-state index in [9.17, 15) is 4.79 Å². The van der Waals surface area contributed by atoms with Crippen molar-refractivity contribution in [1.29, 1.82) is 0 Å². The second-order valence-electron chi connectivity index (χ2n) is 8.83. The summed E-state index contributed by atoms with van der Waals surface area (Å²) < 4.78 is 15.3. The van der Waals surface area contributed by atoms with Gasteiger partial charge in [0.2, 0.25) is 0 Å². The van der Waals surface area contributed by atoms with Crippen LogP contribution in [0.2, 0.25) is 0 Å². The maximum absolute atomic E-state index is 15.3. The van der Waals surface area contributed by atoms with Crippen LogP contribution in [0.4, 0.5) is 10.2 Å². The van der Waals surface area contributed by atoms with Crippen LogP contribution >= 0.6 is 0 Å². The van der Waals surface area contributed by atoms with Crippen LogP contribution in [0.15, 0.2) is 48.8 Å². The fraction of sp³-hybridized carbons (Fsp3) is 0.370. The SMILES string of the molecule is CCc1nccc(-c2ccc(C(=O)N3CCN(C(C)C)CC3)c(F)c2)c1-c1ccc(NC)nc1. The first-order chi connectivity index (χ1) is 16.4. The third-order valence-electron chi connectivity index (χ3n) is 6.51. The number of hydrogen-bond acceptors (Lipinski definition) is 5. The van der Waals surface area contributed by atoms with Gasteiger partial charge in [0, 0.05) is 68.5 Å². The summed E-state index contributed by atoms with van der Waals surface area (Å²) in [5, 5.41) is 3.02. The van der Waals surface area contributed by atoms with E-state index in [1.165, 1.54) is 6.07 Å². The summed E-state index contributed by atoms with van der Waals surface area (Å²) in [5.41, 5.74) is 4.47. The number of nitrogens with zero attached hydrogens (tertiary/aromatic N) is 4. The number of amides is 1. The molecule has 3 heterocycles. The van der Waals surface area contributed by atoms with Gasteiger partial charge in [-0.1, -0.05) is 13.0 Å². The number of piperazine rings is 1. The molecule has 1 fully saturated rings. The quantitative estimate of drug-likeness (QED) is 0.576. The number of aromatic nitrogens is 2. The number of hydrogen-bond donors (Lipinski definition) is 1. The Hall–Kier alpha value is -3.32. The summed E-state index contributed by atoms with van der Waals surface area (Å²) >= 11 is 0. The fourth-order valence-electron chi connectivity index (χ4n) is 4.49. The van der Waals surface area contributed by atoms with Crippen molar-refractivity contribution in [2.24, 2.45) is 0 Å². The van der Waals surface area contributed by atoms with Gasteiger partial charge in [-0.3, -0.25) is 14.7 Å². The molecule has 1 amide bonds. The van der Waals surface area contributed by atoms with Crippen molar-refractivity contribution >= 4 is 11.7 Å². The summed E-state index contributed by atoms with van der Waals surface area (Å²) in [6, 6.07) is 11.1. The van der Waals surface area contributed by atoms with Gasteiger partial charge in [-0.25, -0.2) is 9.37 Å². The molecule has 178 valence electrons. The molecule has 1 aliphatic heterocycles. The Morgan fingerprint density at radius 1 is 1.06 bits per heavy atom. The van der Waals surface area contributed by atoms with Crippen molar-refractivity contribution < 1.29 is 9.18 Å². The summed E-state index contributed by atoms with van der Waals surface area (Å²) in [5.74, 6) is 0.0251. The van der Waals surface area contributed by atoms with E-state index in [4.69, 9.17) is 0 Å². The average molecular weight is 462 g/mol. The molecule has 0 bridgehead atoms. The van der Waals surface area contributed by atoms with E-state index < -0.39 is 5.82 Å². The minimum atomic E-state index is -0.502. The van der Waals surface area contributed by atoms with Gasteiger partial charge >= 0.3 is 0 Å². The lowest BCUT2D eigenvalue weighted by Gasteiger charge is -2.37. The molecule has 0 saturated carbocycles. The van der Waals surface area contributed by atoms with Crippen molar-refractivity contribution in [1.82, 2.24) is 19.8 Å². The van der Waals surface area contributed by atoms with Crippen LogP contribution in [0, 0.1) is 5.82 Å². The normalized spacial score (nSPS) is 14.5. The summed E-state index contributed by atoms with van der Waals surface area (Å²) in [7, 11) is 1.82. The van der Waals surface area contributed by atoms with Gasteiger partial charge in [0.1, 0.15) is 11.6 Å². The first-order valence-corrected chi connectivity index (χ1v) is 11.9. The van der Waals surface area contributed by atoms with Gasteiger partial charge in [0.25, 0.3) is 5.91 Å². The first-order valence-electron chi connectivity index (χ1n) is 11.9. The van der Waals surface area contributed by atoms with E-state index in [0.29, 0.717) is 24.7 Å². The monoisotopic (exact) mass is 461 g/mol. The molecule has 34 heavy (non-hydrogen) atoms. The lowest BCUT2D eigenvalue weighted by molar-refractivity contribution is 0.0591. The van der Waals surface area contributed by atoms with Crippen molar-refractivity contribution in [3.63, 3.8) is 0 Å². The van der Waals surface area contributed by atoms with Gasteiger partial charge in [0.15, 0.2) is 0 Å². The standard InChI is InChI=1S/C27H32FN5O/c1-5-24-26(20-7-9-25(29-4)31-17-20)21(10-11-30-24)19-6-8-22(23(28)16-19)27(34)33-14-12-32(13-15-33)18(2)3/h6-11,16-18H,5,12-15H2,1-4H3,(H,29,31). The highest BCUT2D eigenvalue weighted by atomic mass is 19.1. The molecule has 0 unspecified atom stereocenters. The van der Waals surface area contributed by atoms with Gasteiger partial charge in [0.05, 0.1) is 5.56 Å². The van der Waals surface area contributed by atoms with E-state index in [0.717, 1.165) is 47.7 Å². The van der Waals surface area contributed by atoms with Gasteiger partial charge < -0.3 is 10.2 Å². The average Bonchev–Trinajstić information content (AvgIpc) is 2.87. The molecule has 4 rings (SSSR count). The van der Waals surface area contributed by atoms with Crippen LogP contribution in [0.25, 0.3) is 22.3 Å². The summed E-state index contributed by atoms with van der Waals surface area (Å²) in [4.78, 5) is 26.1. The minimum absolute atomic E-state index is 0.119. The number of rotatable bonds is 6. The molecule has 0 atom stereocenters. The molecule has 0 aliphatic carbocycles. The highest BCUT2D eigenvalue weighted by Crippen LogP contribution is 2.35. The zero-order valence-corrected chi connectivity index (χ0v) is 20.3. The molecule has 7 heteroatoms. The number of pyridine rings is 2. The predicted octanol–water partition coefficient (Wildman–Crippen LogP) is 4.72. The van der Waals surface area contributed by atoms with Gasteiger partial charge in [-0.2, -0.15) is 0 Å². The Morgan fingerprint density at radius 2 is 1.79 bits per heavy atom. The number of nitrogens with one attached hydrogen (secondary N) is 1. The first kappa shape index (κ1) is 23.8. The van der Waals surface area contributed by atoms with E-state index in [1.807, 2.05) is 38.2 Å². The molecular weight excluding hydrogens is 429 g/mol. The van der Waals surface area contributed by atoms with Crippen LogP contribution in [0.5, 0.6) is 0 Å². The maximum atomic E-state index is 15.3. The lowest BCUT2D eigenvalue weighted by atomic mass is 9.93. The number of anilines is 1. The zero-order chi connectivity index (χ0) is 24.2. The van der Waals surface area contributed by atoms with Crippen LogP contribution in [-0.2, 0) is 6.42 Å². The van der Waals surface area contributed by atoms with E-state index >= 15 is 4.39 Å². The summed E-state index contributed by atoms with van der Waals surface area (Å²) in [6.45, 7) is 9.20. The van der Waals surface area contributed by atoms with Crippen molar-refractivity contribution in [3.05, 3.63) is 65.9 Å².